The van der Waals surface area contributed by atoms with E-state index in [9.17, 15) is 4.39 Å². The number of nitrogens with one attached hydrogen (secondary N) is 1. The largest absolute Gasteiger partial charge is 0.497 e. The Hall–Kier alpha value is -2.34. The first-order valence-corrected chi connectivity index (χ1v) is 8.46. The van der Waals surface area contributed by atoms with Crippen LogP contribution in [0.3, 0.4) is 0 Å². The van der Waals surface area contributed by atoms with Crippen LogP contribution >= 0.6 is 12.2 Å². The number of halogens is 1. The number of benzene rings is 2. The highest BCUT2D eigenvalue weighted by molar-refractivity contribution is 7.80. The molecule has 2 rings (SSSR count). The second kappa shape index (κ2) is 9.22. The van der Waals surface area contributed by atoms with Gasteiger partial charge >= 0.3 is 0 Å². The zero-order valence-electron chi connectivity index (χ0n) is 14.7. The molecule has 0 aliphatic carbocycles. The molecular weight excluding hydrogens is 339 g/mol. The van der Waals surface area contributed by atoms with Crippen molar-refractivity contribution in [2.45, 2.75) is 20.0 Å². The first-order valence-electron chi connectivity index (χ1n) is 8.05. The van der Waals surface area contributed by atoms with Crippen LogP contribution in [0.25, 0.3) is 0 Å². The van der Waals surface area contributed by atoms with Gasteiger partial charge in [0.2, 0.25) is 0 Å². The number of methoxy groups -OCH3 is 2. The van der Waals surface area contributed by atoms with Crippen LogP contribution in [-0.4, -0.2) is 30.8 Å². The molecule has 0 spiro atoms. The van der Waals surface area contributed by atoms with Crippen LogP contribution in [0.2, 0.25) is 0 Å². The zero-order chi connectivity index (χ0) is 18.2. The van der Waals surface area contributed by atoms with E-state index in [1.807, 2.05) is 30.0 Å². The molecule has 0 saturated carbocycles. The van der Waals surface area contributed by atoms with Crippen LogP contribution in [-0.2, 0) is 13.1 Å². The fraction of sp³-hybridized carbons (Fsp3) is 0.316. The lowest BCUT2D eigenvalue weighted by atomic mass is 10.1. The van der Waals surface area contributed by atoms with Gasteiger partial charge in [-0.05, 0) is 55.0 Å². The summed E-state index contributed by atoms with van der Waals surface area (Å²) in [5.74, 6) is 1.27. The smallest absolute Gasteiger partial charge is 0.169 e. The highest BCUT2D eigenvalue weighted by Crippen LogP contribution is 2.26. The molecule has 0 atom stereocenters. The van der Waals surface area contributed by atoms with Crippen LogP contribution in [0, 0.1) is 5.82 Å². The van der Waals surface area contributed by atoms with Gasteiger partial charge in [0.25, 0.3) is 0 Å². The van der Waals surface area contributed by atoms with Gasteiger partial charge in [-0.1, -0.05) is 12.1 Å². The molecule has 0 amide bonds. The maximum absolute atomic E-state index is 13.2. The number of thiocarbonyl (C=S) groups is 1. The van der Waals surface area contributed by atoms with Gasteiger partial charge in [-0.15, -0.1) is 0 Å². The Kier molecular flexibility index (Phi) is 7.01. The summed E-state index contributed by atoms with van der Waals surface area (Å²) in [6.45, 7) is 3.83. The molecule has 0 unspecified atom stereocenters. The predicted octanol–water partition coefficient (Wildman–Crippen LogP) is 3.74. The summed E-state index contributed by atoms with van der Waals surface area (Å²) in [5, 5.41) is 3.81. The third-order valence-electron chi connectivity index (χ3n) is 3.75. The SMILES string of the molecule is CCNC(=S)N(Cc1ccc(F)cc1)Cc1cc(OC)ccc1OC. The van der Waals surface area contributed by atoms with E-state index in [-0.39, 0.29) is 5.82 Å². The second-order valence-electron chi connectivity index (χ2n) is 5.50. The first kappa shape index (κ1) is 19.0. The summed E-state index contributed by atoms with van der Waals surface area (Å²) < 4.78 is 23.9. The third-order valence-corrected chi connectivity index (χ3v) is 4.15. The van der Waals surface area contributed by atoms with Gasteiger partial charge in [0, 0.05) is 25.2 Å². The summed E-state index contributed by atoms with van der Waals surface area (Å²) in [7, 11) is 3.27. The lowest BCUT2D eigenvalue weighted by Gasteiger charge is -2.27. The van der Waals surface area contributed by atoms with Gasteiger partial charge in [0.05, 0.1) is 14.2 Å². The maximum atomic E-state index is 13.2. The Bertz CT molecular complexity index is 707. The topological polar surface area (TPSA) is 33.7 Å². The molecule has 0 aliphatic heterocycles. The molecule has 2 aromatic rings. The van der Waals surface area contributed by atoms with E-state index in [1.165, 1.54) is 12.1 Å². The molecule has 134 valence electrons. The van der Waals surface area contributed by atoms with Crippen LogP contribution < -0.4 is 14.8 Å². The average molecular weight is 362 g/mol. The summed E-state index contributed by atoms with van der Waals surface area (Å²) in [6, 6.07) is 12.1. The monoisotopic (exact) mass is 362 g/mol. The van der Waals surface area contributed by atoms with E-state index in [0.717, 1.165) is 29.2 Å². The number of hydrogen-bond acceptors (Lipinski definition) is 3. The van der Waals surface area contributed by atoms with Gasteiger partial charge in [0.15, 0.2) is 5.11 Å². The number of hydrogen-bond donors (Lipinski definition) is 1. The summed E-state index contributed by atoms with van der Waals surface area (Å²) in [5.41, 5.74) is 1.94. The van der Waals surface area contributed by atoms with Crippen molar-refractivity contribution in [3.05, 3.63) is 59.4 Å². The molecule has 0 aliphatic rings. The number of nitrogens with zero attached hydrogens (tertiary/aromatic N) is 1. The molecule has 0 radical (unpaired) electrons. The molecule has 0 heterocycles. The summed E-state index contributed by atoms with van der Waals surface area (Å²) in [6.07, 6.45) is 0. The molecule has 0 bridgehead atoms. The van der Waals surface area contributed by atoms with Crippen molar-refractivity contribution in [3.63, 3.8) is 0 Å². The van der Waals surface area contributed by atoms with E-state index in [0.29, 0.717) is 18.2 Å². The molecule has 0 saturated heterocycles. The standard InChI is InChI=1S/C19H23FN2O2S/c1-4-21-19(25)22(12-14-5-7-16(20)8-6-14)13-15-11-17(23-2)9-10-18(15)24-3/h5-11H,4,12-13H2,1-3H3,(H,21,25). The second-order valence-corrected chi connectivity index (χ2v) is 5.88. The van der Waals surface area contributed by atoms with E-state index >= 15 is 0 Å². The molecule has 0 aromatic heterocycles. The van der Waals surface area contributed by atoms with E-state index in [4.69, 9.17) is 21.7 Å². The molecular formula is C19H23FN2O2S. The first-order chi connectivity index (χ1) is 12.1. The van der Waals surface area contributed by atoms with E-state index < -0.39 is 0 Å². The van der Waals surface area contributed by atoms with Crippen molar-refractivity contribution in [2.24, 2.45) is 0 Å². The normalized spacial score (nSPS) is 10.2. The molecule has 0 fully saturated rings. The molecule has 6 heteroatoms. The Labute approximate surface area is 153 Å². The highest BCUT2D eigenvalue weighted by atomic mass is 32.1. The van der Waals surface area contributed by atoms with Gasteiger partial charge < -0.3 is 19.7 Å². The highest BCUT2D eigenvalue weighted by Gasteiger charge is 2.14. The van der Waals surface area contributed by atoms with Crippen molar-refractivity contribution in [2.75, 3.05) is 20.8 Å². The van der Waals surface area contributed by atoms with Crippen molar-refractivity contribution in [3.8, 4) is 11.5 Å². The quantitative estimate of drug-likeness (QED) is 0.759. The molecule has 25 heavy (non-hydrogen) atoms. The predicted molar refractivity (Wildman–Crippen MR) is 101 cm³/mol. The average Bonchev–Trinajstić information content (AvgIpc) is 2.63. The molecule has 1 N–H and O–H groups in total. The molecule has 4 nitrogen and oxygen atoms in total. The van der Waals surface area contributed by atoms with Crippen LogP contribution in [0.4, 0.5) is 4.39 Å². The Morgan fingerprint density at radius 2 is 1.80 bits per heavy atom. The minimum absolute atomic E-state index is 0.251. The lowest BCUT2D eigenvalue weighted by Crippen LogP contribution is -2.38. The van der Waals surface area contributed by atoms with Gasteiger partial charge in [-0.3, -0.25) is 0 Å². The van der Waals surface area contributed by atoms with Crippen molar-refractivity contribution in [1.82, 2.24) is 10.2 Å². The van der Waals surface area contributed by atoms with E-state index in [2.05, 4.69) is 5.32 Å². The Morgan fingerprint density at radius 3 is 2.40 bits per heavy atom. The zero-order valence-corrected chi connectivity index (χ0v) is 15.5. The summed E-state index contributed by atoms with van der Waals surface area (Å²) in [4.78, 5) is 2.02. The Balaban J connectivity index is 2.26. The van der Waals surface area contributed by atoms with Crippen LogP contribution in [0.1, 0.15) is 18.1 Å². The fourth-order valence-electron chi connectivity index (χ4n) is 2.48. The van der Waals surface area contributed by atoms with Gasteiger partial charge in [0.1, 0.15) is 17.3 Å². The van der Waals surface area contributed by atoms with Crippen LogP contribution in [0.15, 0.2) is 42.5 Å². The lowest BCUT2D eigenvalue weighted by molar-refractivity contribution is 0.367. The third kappa shape index (κ3) is 5.32. The number of ether oxygens (including phenoxy) is 2. The van der Waals surface area contributed by atoms with Crippen LogP contribution in [0.5, 0.6) is 11.5 Å². The van der Waals surface area contributed by atoms with Crippen molar-refractivity contribution >= 4 is 17.3 Å². The van der Waals surface area contributed by atoms with E-state index in [1.54, 1.807) is 26.4 Å². The Morgan fingerprint density at radius 1 is 1.08 bits per heavy atom. The minimum Gasteiger partial charge on any atom is -0.497 e. The number of rotatable bonds is 7. The van der Waals surface area contributed by atoms with Gasteiger partial charge in [-0.2, -0.15) is 0 Å². The minimum atomic E-state index is -0.251. The van der Waals surface area contributed by atoms with Crippen molar-refractivity contribution < 1.29 is 13.9 Å². The van der Waals surface area contributed by atoms with Crippen molar-refractivity contribution in [1.29, 1.82) is 0 Å². The van der Waals surface area contributed by atoms with Gasteiger partial charge in [-0.25, -0.2) is 4.39 Å². The fourth-order valence-corrected chi connectivity index (χ4v) is 2.76. The summed E-state index contributed by atoms with van der Waals surface area (Å²) >= 11 is 5.51. The maximum Gasteiger partial charge on any atom is 0.169 e. The molecule has 2 aromatic carbocycles.